The van der Waals surface area contributed by atoms with Crippen molar-refractivity contribution >= 4 is 11.3 Å². The fourth-order valence-electron chi connectivity index (χ4n) is 2.58. The Balaban J connectivity index is -0.000000459. The summed E-state index contributed by atoms with van der Waals surface area (Å²) in [6, 6.07) is 14.9. The molecule has 0 amide bonds. The number of nitrogens with one attached hydrogen (secondary N) is 1. The van der Waals surface area contributed by atoms with Crippen LogP contribution in [0, 0.1) is 26.7 Å². The van der Waals surface area contributed by atoms with Gasteiger partial charge < -0.3 is 5.32 Å². The Morgan fingerprint density at radius 2 is 1.26 bits per heavy atom. The smallest absolute Gasteiger partial charge is 0.0414 e. The zero-order valence-corrected chi connectivity index (χ0v) is 28.0. The summed E-state index contributed by atoms with van der Waals surface area (Å²) in [6.45, 7) is 31.6. The maximum Gasteiger partial charge on any atom is 0.0414 e. The Kier molecular flexibility index (Phi) is 29.4. The second-order valence-electron chi connectivity index (χ2n) is 9.96. The van der Waals surface area contributed by atoms with Gasteiger partial charge in [0.25, 0.3) is 0 Å². The van der Waals surface area contributed by atoms with Crippen LogP contribution in [-0.4, -0.2) is 0 Å². The lowest BCUT2D eigenvalue weighted by molar-refractivity contribution is 0.778. The molecule has 1 heteroatoms. The van der Waals surface area contributed by atoms with E-state index in [0.29, 0.717) is 5.92 Å². The summed E-state index contributed by atoms with van der Waals surface area (Å²) in [7, 11) is 0. The topological polar surface area (TPSA) is 12.0 Å². The molecule has 0 aliphatic rings. The lowest BCUT2D eigenvalue weighted by Gasteiger charge is -2.15. The Hall–Kier alpha value is -2.80. The van der Waals surface area contributed by atoms with E-state index < -0.39 is 0 Å². The summed E-state index contributed by atoms with van der Waals surface area (Å²) in [5, 5.41) is 3.36. The number of hydrogen-bond acceptors (Lipinski definition) is 1. The second kappa shape index (κ2) is 28.2. The van der Waals surface area contributed by atoms with Crippen molar-refractivity contribution in [3.8, 4) is 0 Å². The van der Waals surface area contributed by atoms with Gasteiger partial charge in [0.2, 0.25) is 0 Å². The van der Waals surface area contributed by atoms with Crippen LogP contribution in [0.25, 0.3) is 5.57 Å². The van der Waals surface area contributed by atoms with E-state index in [9.17, 15) is 0 Å². The molecule has 220 valence electrons. The summed E-state index contributed by atoms with van der Waals surface area (Å²) in [5.74, 6) is 0.468. The SMILES string of the molecule is C/C=C(/C)c1ccccc1C.C/C=C\C=C/C.C=C(Nc1cc(C)ccc1C)C(C)C.CCCC.CCCC. The molecular weight excluding hydrogens is 470 g/mol. The molecule has 0 saturated carbocycles. The Morgan fingerprint density at radius 3 is 1.64 bits per heavy atom. The fraction of sp³-hybridized carbons (Fsp3) is 0.474. The van der Waals surface area contributed by atoms with Crippen LogP contribution in [0.15, 0.2) is 85.1 Å². The van der Waals surface area contributed by atoms with Gasteiger partial charge in [0, 0.05) is 11.4 Å². The summed E-state index contributed by atoms with van der Waals surface area (Å²) in [6.07, 6.45) is 15.4. The molecule has 1 nitrogen and oxygen atoms in total. The van der Waals surface area contributed by atoms with Gasteiger partial charge in [-0.2, -0.15) is 0 Å². The first-order valence-corrected chi connectivity index (χ1v) is 15.0. The summed E-state index contributed by atoms with van der Waals surface area (Å²) in [5.41, 5.74) is 8.83. The molecule has 0 fully saturated rings. The number of aryl methyl sites for hydroxylation is 3. The van der Waals surface area contributed by atoms with Crippen molar-refractivity contribution in [2.24, 2.45) is 5.92 Å². The molecule has 0 saturated heterocycles. The van der Waals surface area contributed by atoms with Gasteiger partial charge in [-0.25, -0.2) is 0 Å². The van der Waals surface area contributed by atoms with Gasteiger partial charge in [-0.15, -0.1) is 0 Å². The van der Waals surface area contributed by atoms with Gasteiger partial charge in [-0.1, -0.05) is 141 Å². The first-order valence-electron chi connectivity index (χ1n) is 15.0. The largest absolute Gasteiger partial charge is 0.359 e. The highest BCUT2D eigenvalue weighted by Crippen LogP contribution is 2.20. The predicted octanol–water partition coefficient (Wildman–Crippen LogP) is 13.1. The second-order valence-corrected chi connectivity index (χ2v) is 9.96. The Bertz CT molecular complexity index is 923. The van der Waals surface area contributed by atoms with E-state index in [1.807, 2.05) is 38.2 Å². The van der Waals surface area contributed by atoms with E-state index in [1.165, 1.54) is 59.2 Å². The third kappa shape index (κ3) is 24.0. The number of hydrogen-bond donors (Lipinski definition) is 1. The van der Waals surface area contributed by atoms with Crippen LogP contribution in [-0.2, 0) is 0 Å². The zero-order chi connectivity index (χ0) is 30.6. The lowest BCUT2D eigenvalue weighted by Crippen LogP contribution is -2.05. The third-order valence-corrected chi connectivity index (χ3v) is 5.88. The minimum Gasteiger partial charge on any atom is -0.359 e. The number of allylic oxidation sites excluding steroid dienone is 7. The van der Waals surface area contributed by atoms with Gasteiger partial charge in [0.05, 0.1) is 0 Å². The molecule has 0 radical (unpaired) electrons. The Morgan fingerprint density at radius 1 is 0.769 bits per heavy atom. The van der Waals surface area contributed by atoms with Crippen LogP contribution in [0.1, 0.15) is 117 Å². The van der Waals surface area contributed by atoms with Crippen LogP contribution in [0.3, 0.4) is 0 Å². The van der Waals surface area contributed by atoms with Crippen molar-refractivity contribution < 1.29 is 0 Å². The first kappa shape index (κ1) is 40.7. The third-order valence-electron chi connectivity index (χ3n) is 5.88. The monoisotopic (exact) mass is 533 g/mol. The molecule has 39 heavy (non-hydrogen) atoms. The molecular formula is C38H63N. The van der Waals surface area contributed by atoms with Crippen molar-refractivity contribution in [2.45, 2.75) is 116 Å². The molecule has 0 atom stereocenters. The normalized spacial score (nSPS) is 10.4. The average molecular weight is 534 g/mol. The summed E-state index contributed by atoms with van der Waals surface area (Å²) >= 11 is 0. The van der Waals surface area contributed by atoms with Crippen molar-refractivity contribution in [3.05, 3.63) is 107 Å². The summed E-state index contributed by atoms with van der Waals surface area (Å²) < 4.78 is 0. The minimum absolute atomic E-state index is 0.468. The van der Waals surface area contributed by atoms with E-state index >= 15 is 0 Å². The number of unbranched alkanes of at least 4 members (excludes halogenated alkanes) is 2. The van der Waals surface area contributed by atoms with E-state index in [-0.39, 0.29) is 0 Å². The van der Waals surface area contributed by atoms with Crippen molar-refractivity contribution in [2.75, 3.05) is 5.32 Å². The standard InChI is InChI=1S/C13H19N.C11H14.C6H10.2C4H10/c1-9(2)12(5)14-13-8-10(3)6-7-11(13)4;1-4-9(2)11-8-6-5-7-10(11)3;1-3-5-6-4-2;2*1-3-4-2/h6-9,14H,5H2,1-4H3;4-8H,1-3H3;3-6H,1-2H3;2*3-4H2,1-2H3/b;9-4-;5-3-,6-4-;;. The molecule has 1 N–H and O–H groups in total. The minimum atomic E-state index is 0.468. The predicted molar refractivity (Wildman–Crippen MR) is 185 cm³/mol. The van der Waals surface area contributed by atoms with Crippen LogP contribution >= 0.6 is 0 Å². The summed E-state index contributed by atoms with van der Waals surface area (Å²) in [4.78, 5) is 0. The van der Waals surface area contributed by atoms with Gasteiger partial charge >= 0.3 is 0 Å². The zero-order valence-electron chi connectivity index (χ0n) is 28.0. The molecule has 0 heterocycles. The van der Waals surface area contributed by atoms with Crippen LogP contribution in [0.5, 0.6) is 0 Å². The average Bonchev–Trinajstić information content (AvgIpc) is 2.94. The van der Waals surface area contributed by atoms with Crippen molar-refractivity contribution in [1.29, 1.82) is 0 Å². The molecule has 0 aromatic heterocycles. The fourth-order valence-corrected chi connectivity index (χ4v) is 2.58. The van der Waals surface area contributed by atoms with Crippen molar-refractivity contribution in [1.82, 2.24) is 0 Å². The highest BCUT2D eigenvalue weighted by Gasteiger charge is 2.03. The molecule has 0 aliphatic carbocycles. The molecule has 2 aromatic carbocycles. The quantitative estimate of drug-likeness (QED) is 0.349. The van der Waals surface area contributed by atoms with Crippen LogP contribution in [0.2, 0.25) is 0 Å². The molecule has 0 unspecified atom stereocenters. The first-order chi connectivity index (χ1) is 18.5. The Labute approximate surface area is 245 Å². The van der Waals surface area contributed by atoms with E-state index in [0.717, 1.165) is 5.70 Å². The highest BCUT2D eigenvalue weighted by atomic mass is 14.9. The van der Waals surface area contributed by atoms with Crippen LogP contribution < -0.4 is 5.32 Å². The maximum atomic E-state index is 4.01. The number of benzene rings is 2. The van der Waals surface area contributed by atoms with E-state index in [2.05, 4.69) is 137 Å². The number of anilines is 1. The number of rotatable bonds is 7. The maximum absolute atomic E-state index is 4.01. The highest BCUT2D eigenvalue weighted by molar-refractivity contribution is 5.65. The van der Waals surface area contributed by atoms with Gasteiger partial charge in [-0.05, 0) is 88.3 Å². The van der Waals surface area contributed by atoms with Gasteiger partial charge in [0.15, 0.2) is 0 Å². The molecule has 0 spiro atoms. The lowest BCUT2D eigenvalue weighted by atomic mass is 10.0. The molecule has 0 aliphatic heterocycles. The van der Waals surface area contributed by atoms with Gasteiger partial charge in [-0.3, -0.25) is 0 Å². The van der Waals surface area contributed by atoms with Crippen molar-refractivity contribution in [3.63, 3.8) is 0 Å². The molecule has 0 bridgehead atoms. The van der Waals surface area contributed by atoms with E-state index in [4.69, 9.17) is 0 Å². The van der Waals surface area contributed by atoms with E-state index in [1.54, 1.807) is 0 Å². The molecule has 2 rings (SSSR count). The van der Waals surface area contributed by atoms with Gasteiger partial charge in [0.1, 0.15) is 0 Å². The van der Waals surface area contributed by atoms with Crippen LogP contribution in [0.4, 0.5) is 5.69 Å². The molecule has 2 aromatic rings.